The van der Waals surface area contributed by atoms with E-state index in [0.717, 1.165) is 5.56 Å². The van der Waals surface area contributed by atoms with E-state index in [1.807, 2.05) is 52.9 Å². The molecule has 1 fully saturated rings. The summed E-state index contributed by atoms with van der Waals surface area (Å²) in [5, 5.41) is 0. The summed E-state index contributed by atoms with van der Waals surface area (Å²) in [7, 11) is 0. The summed E-state index contributed by atoms with van der Waals surface area (Å²) in [4.78, 5) is 16.7. The van der Waals surface area contributed by atoms with Gasteiger partial charge in [0, 0.05) is 5.56 Å². The van der Waals surface area contributed by atoms with Crippen LogP contribution in [0.5, 0.6) is 0 Å². The molecule has 0 bridgehead atoms. The topological polar surface area (TPSA) is 66.4 Å². The minimum Gasteiger partial charge on any atom is -0.469 e. The average Bonchev–Trinajstić information content (AvgIpc) is 2.66. The van der Waals surface area contributed by atoms with E-state index in [0.29, 0.717) is 0 Å². The van der Waals surface area contributed by atoms with Gasteiger partial charge in [0.05, 0.1) is 13.2 Å². The molecule has 2 heterocycles. The Hall–Kier alpha value is -0.320. The Labute approximate surface area is 185 Å². The van der Waals surface area contributed by atoms with Crippen LogP contribution in [0.15, 0.2) is 35.3 Å². The molecule has 2 aliphatic heterocycles. The number of halogens is 4. The van der Waals surface area contributed by atoms with Gasteiger partial charge in [0.25, 0.3) is 3.79 Å². The highest BCUT2D eigenvalue weighted by Gasteiger charge is 2.50. The second-order valence-corrected chi connectivity index (χ2v) is 9.53. The molecular formula is C17H17Cl3INO5. The molecule has 0 aromatic heterocycles. The molecule has 27 heavy (non-hydrogen) atoms. The van der Waals surface area contributed by atoms with Crippen LogP contribution in [0.25, 0.3) is 0 Å². The summed E-state index contributed by atoms with van der Waals surface area (Å²) in [6.07, 6.45) is -1.73. The predicted molar refractivity (Wildman–Crippen MR) is 111 cm³/mol. The van der Waals surface area contributed by atoms with Crippen LogP contribution in [0.2, 0.25) is 0 Å². The third-order valence-corrected chi connectivity index (χ3v) is 5.78. The first-order chi connectivity index (χ1) is 12.8. The Balaban J connectivity index is 1.89. The van der Waals surface area contributed by atoms with Crippen LogP contribution in [0.4, 0.5) is 0 Å². The molecule has 0 unspecified atom stereocenters. The molecule has 0 radical (unpaired) electrons. The van der Waals surface area contributed by atoms with Crippen molar-refractivity contribution in [2.24, 2.45) is 4.99 Å². The Morgan fingerprint density at radius 3 is 2.70 bits per heavy atom. The third kappa shape index (κ3) is 5.00. The van der Waals surface area contributed by atoms with Crippen molar-refractivity contribution in [2.45, 2.75) is 39.2 Å². The number of aliphatic imine (C=N–C) groups is 1. The highest BCUT2D eigenvalue weighted by molar-refractivity contribution is 14.1. The number of alkyl halides is 4. The van der Waals surface area contributed by atoms with Crippen molar-refractivity contribution in [1.82, 2.24) is 0 Å². The number of ether oxygens (including phenoxy) is 4. The number of carbonyl (C=O) groups excluding carboxylic acids is 1. The van der Waals surface area contributed by atoms with Crippen LogP contribution in [-0.4, -0.2) is 51.0 Å². The summed E-state index contributed by atoms with van der Waals surface area (Å²) in [6.45, 7) is 2.19. The smallest absolute Gasteiger partial charge is 0.321 e. The average molecular weight is 549 g/mol. The zero-order valence-corrected chi connectivity index (χ0v) is 18.6. The molecule has 0 N–H and O–H groups in total. The third-order valence-electron chi connectivity index (χ3n) is 4.05. The van der Waals surface area contributed by atoms with Gasteiger partial charge in [0.1, 0.15) is 16.1 Å². The number of esters is 1. The molecule has 2 aliphatic rings. The predicted octanol–water partition coefficient (Wildman–Crippen LogP) is 4.00. The van der Waals surface area contributed by atoms with Crippen molar-refractivity contribution in [3.8, 4) is 0 Å². The number of fused-ring (bicyclic) bond motifs is 1. The molecule has 3 rings (SSSR count). The van der Waals surface area contributed by atoms with Gasteiger partial charge in [-0.2, -0.15) is 0 Å². The van der Waals surface area contributed by atoms with Crippen LogP contribution < -0.4 is 0 Å². The second-order valence-electron chi connectivity index (χ2n) is 5.91. The van der Waals surface area contributed by atoms with Crippen molar-refractivity contribution >= 4 is 69.3 Å². The fraction of sp³-hybridized carbons (Fsp3) is 0.529. The van der Waals surface area contributed by atoms with Crippen molar-refractivity contribution in [3.05, 3.63) is 35.9 Å². The van der Waals surface area contributed by atoms with E-state index in [2.05, 4.69) is 4.99 Å². The maximum Gasteiger partial charge on any atom is 0.321 e. The summed E-state index contributed by atoms with van der Waals surface area (Å²) < 4.78 is 20.2. The number of hydrogen-bond acceptors (Lipinski definition) is 6. The highest BCUT2D eigenvalue weighted by atomic mass is 127. The Morgan fingerprint density at radius 2 is 2.07 bits per heavy atom. The van der Waals surface area contributed by atoms with Crippen LogP contribution in [0.1, 0.15) is 18.8 Å². The maximum atomic E-state index is 12.3. The van der Waals surface area contributed by atoms with Crippen molar-refractivity contribution in [3.63, 3.8) is 0 Å². The standard InChI is InChI=1S/C17H17Cl3INO5/c1-2-24-14(23)11(21)12-13-10(26-16(22-12)17(18,19)20)8-25-15(27-13)9-6-4-3-5-7-9/h3-7,10-13,15H,2,8H2,1H3/t10-,11-,12-,13+,15+/m1/s1. The Morgan fingerprint density at radius 1 is 1.37 bits per heavy atom. The van der Waals surface area contributed by atoms with Gasteiger partial charge in [0.2, 0.25) is 5.90 Å². The quantitative estimate of drug-likeness (QED) is 0.323. The van der Waals surface area contributed by atoms with Crippen LogP contribution in [0, 0.1) is 0 Å². The van der Waals surface area contributed by atoms with Gasteiger partial charge >= 0.3 is 5.97 Å². The largest absolute Gasteiger partial charge is 0.469 e. The van der Waals surface area contributed by atoms with E-state index >= 15 is 0 Å². The molecule has 1 aromatic rings. The normalized spacial score (nSPS) is 29.1. The number of benzene rings is 1. The van der Waals surface area contributed by atoms with E-state index in [1.54, 1.807) is 6.92 Å². The molecule has 0 aliphatic carbocycles. The molecular weight excluding hydrogens is 531 g/mol. The summed E-state index contributed by atoms with van der Waals surface area (Å²) in [5.74, 6) is -0.502. The Bertz CT molecular complexity index is 700. The minimum absolute atomic E-state index is 0.0879. The van der Waals surface area contributed by atoms with Gasteiger partial charge in [-0.25, -0.2) is 4.99 Å². The number of nitrogens with zero attached hydrogens (tertiary/aromatic N) is 1. The monoisotopic (exact) mass is 547 g/mol. The minimum atomic E-state index is -1.86. The van der Waals surface area contributed by atoms with E-state index in [4.69, 9.17) is 53.8 Å². The maximum absolute atomic E-state index is 12.3. The van der Waals surface area contributed by atoms with Crippen molar-refractivity contribution in [1.29, 1.82) is 0 Å². The van der Waals surface area contributed by atoms with Crippen molar-refractivity contribution in [2.75, 3.05) is 13.2 Å². The number of rotatable bonds is 4. The first kappa shape index (κ1) is 21.4. The van der Waals surface area contributed by atoms with E-state index in [-0.39, 0.29) is 19.1 Å². The fourth-order valence-electron chi connectivity index (χ4n) is 2.85. The summed E-state index contributed by atoms with van der Waals surface area (Å²) in [5.41, 5.74) is 0.854. The lowest BCUT2D eigenvalue weighted by atomic mass is 10.00. The summed E-state index contributed by atoms with van der Waals surface area (Å²) in [6, 6.07) is 8.83. The zero-order chi connectivity index (χ0) is 19.6. The molecule has 6 nitrogen and oxygen atoms in total. The van der Waals surface area contributed by atoms with Gasteiger partial charge in [-0.3, -0.25) is 4.79 Å². The van der Waals surface area contributed by atoms with Gasteiger partial charge in [0.15, 0.2) is 12.4 Å². The van der Waals surface area contributed by atoms with E-state index < -0.39 is 38.2 Å². The molecule has 5 atom stereocenters. The SMILES string of the molecule is CCOC(=O)[C@H](I)[C@H]1N=C(C(Cl)(Cl)Cl)O[C@@H]2CO[C@H](c3ccccc3)O[C@H]12. The molecule has 0 amide bonds. The molecule has 148 valence electrons. The van der Waals surface area contributed by atoms with Gasteiger partial charge in [-0.1, -0.05) is 87.7 Å². The lowest BCUT2D eigenvalue weighted by Gasteiger charge is -2.43. The fourth-order valence-corrected chi connectivity index (χ4v) is 3.88. The first-order valence-corrected chi connectivity index (χ1v) is 10.6. The number of carbonyl (C=O) groups is 1. The molecule has 1 aromatic carbocycles. The van der Waals surface area contributed by atoms with Crippen molar-refractivity contribution < 1.29 is 23.7 Å². The van der Waals surface area contributed by atoms with Crippen LogP contribution >= 0.6 is 57.4 Å². The second kappa shape index (κ2) is 9.00. The first-order valence-electron chi connectivity index (χ1n) is 8.25. The lowest BCUT2D eigenvalue weighted by Crippen LogP contribution is -2.57. The molecule has 0 spiro atoms. The zero-order valence-electron chi connectivity index (χ0n) is 14.2. The lowest BCUT2D eigenvalue weighted by molar-refractivity contribution is -0.261. The van der Waals surface area contributed by atoms with Crippen LogP contribution in [0.3, 0.4) is 0 Å². The van der Waals surface area contributed by atoms with Gasteiger partial charge in [-0.05, 0) is 6.92 Å². The molecule has 0 saturated carbocycles. The highest BCUT2D eigenvalue weighted by Crippen LogP contribution is 2.39. The molecule has 10 heteroatoms. The molecule has 1 saturated heterocycles. The van der Waals surface area contributed by atoms with E-state index in [1.165, 1.54) is 0 Å². The van der Waals surface area contributed by atoms with Gasteiger partial charge < -0.3 is 18.9 Å². The summed E-state index contributed by atoms with van der Waals surface area (Å²) >= 11 is 19.8. The van der Waals surface area contributed by atoms with Crippen LogP contribution in [-0.2, 0) is 23.7 Å². The van der Waals surface area contributed by atoms with E-state index in [9.17, 15) is 4.79 Å². The number of hydrogen-bond donors (Lipinski definition) is 0. The Kier molecular flexibility index (Phi) is 7.13. The van der Waals surface area contributed by atoms with Gasteiger partial charge in [-0.15, -0.1) is 0 Å².